The average Bonchev–Trinajstić information content (AvgIpc) is 2.46. The SMILES string of the molecule is CCOC(=O)C[C@H](N)c1ccc2cc(OC)ccc2c1. The minimum Gasteiger partial charge on any atom is -0.497 e. The maximum absolute atomic E-state index is 11.5. The summed E-state index contributed by atoms with van der Waals surface area (Å²) >= 11 is 0. The molecule has 0 fully saturated rings. The Morgan fingerprint density at radius 2 is 1.90 bits per heavy atom. The highest BCUT2D eigenvalue weighted by molar-refractivity contribution is 5.84. The molecule has 0 saturated carbocycles. The van der Waals surface area contributed by atoms with Crippen LogP contribution in [0.1, 0.15) is 24.9 Å². The second kappa shape index (κ2) is 6.39. The number of fused-ring (bicyclic) bond motifs is 1. The summed E-state index contributed by atoms with van der Waals surface area (Å²) in [5, 5.41) is 2.15. The van der Waals surface area contributed by atoms with Gasteiger partial charge in [-0.05, 0) is 41.5 Å². The Hall–Kier alpha value is -2.07. The van der Waals surface area contributed by atoms with Crippen LogP contribution >= 0.6 is 0 Å². The standard InChI is InChI=1S/C16H19NO3/c1-3-20-16(18)10-15(17)13-5-4-12-9-14(19-2)7-6-11(12)8-13/h4-9,15H,3,10,17H2,1-2H3/t15-/m0/s1. The summed E-state index contributed by atoms with van der Waals surface area (Å²) in [5.74, 6) is 0.552. The zero-order valence-electron chi connectivity index (χ0n) is 11.8. The van der Waals surface area contributed by atoms with Crippen molar-refractivity contribution in [1.29, 1.82) is 0 Å². The number of nitrogens with two attached hydrogens (primary N) is 1. The van der Waals surface area contributed by atoms with Crippen LogP contribution < -0.4 is 10.5 Å². The zero-order valence-corrected chi connectivity index (χ0v) is 11.8. The van der Waals surface area contributed by atoms with Crippen molar-refractivity contribution in [2.75, 3.05) is 13.7 Å². The van der Waals surface area contributed by atoms with Gasteiger partial charge in [0.1, 0.15) is 5.75 Å². The molecule has 0 aliphatic heterocycles. The molecule has 0 saturated heterocycles. The molecule has 0 amide bonds. The van der Waals surface area contributed by atoms with Crippen LogP contribution in [0, 0.1) is 0 Å². The molecule has 4 heteroatoms. The third-order valence-corrected chi connectivity index (χ3v) is 3.19. The molecule has 2 rings (SSSR count). The first-order chi connectivity index (χ1) is 9.63. The van der Waals surface area contributed by atoms with E-state index in [1.807, 2.05) is 36.4 Å². The highest BCUT2D eigenvalue weighted by atomic mass is 16.5. The molecule has 2 N–H and O–H groups in total. The summed E-state index contributed by atoms with van der Waals surface area (Å²) in [6.45, 7) is 2.16. The van der Waals surface area contributed by atoms with E-state index in [1.54, 1.807) is 14.0 Å². The first-order valence-electron chi connectivity index (χ1n) is 6.63. The second-order valence-corrected chi connectivity index (χ2v) is 4.59. The number of ether oxygens (including phenoxy) is 2. The molecule has 0 aliphatic rings. The maximum atomic E-state index is 11.5. The Kier molecular flexibility index (Phi) is 4.58. The molecular formula is C16H19NO3. The molecule has 0 bridgehead atoms. The Balaban J connectivity index is 2.20. The van der Waals surface area contributed by atoms with E-state index in [0.29, 0.717) is 6.61 Å². The summed E-state index contributed by atoms with van der Waals surface area (Å²) < 4.78 is 10.1. The molecule has 2 aromatic rings. The first-order valence-corrected chi connectivity index (χ1v) is 6.63. The molecule has 20 heavy (non-hydrogen) atoms. The summed E-state index contributed by atoms with van der Waals surface area (Å²) in [5.41, 5.74) is 6.97. The molecule has 0 aliphatic carbocycles. The van der Waals surface area contributed by atoms with Crippen molar-refractivity contribution < 1.29 is 14.3 Å². The van der Waals surface area contributed by atoms with Crippen LogP contribution in [0.2, 0.25) is 0 Å². The van der Waals surface area contributed by atoms with Gasteiger partial charge in [0.2, 0.25) is 0 Å². The molecule has 106 valence electrons. The van der Waals surface area contributed by atoms with Gasteiger partial charge in [-0.15, -0.1) is 0 Å². The number of rotatable bonds is 5. The van der Waals surface area contributed by atoms with Crippen molar-refractivity contribution in [2.24, 2.45) is 5.73 Å². The summed E-state index contributed by atoms with van der Waals surface area (Å²) in [6, 6.07) is 11.4. The van der Waals surface area contributed by atoms with Crippen molar-refractivity contribution in [3.63, 3.8) is 0 Å². The van der Waals surface area contributed by atoms with Gasteiger partial charge >= 0.3 is 5.97 Å². The van der Waals surface area contributed by atoms with Gasteiger partial charge in [0.05, 0.1) is 20.1 Å². The third kappa shape index (κ3) is 3.27. The molecule has 0 aromatic heterocycles. The van der Waals surface area contributed by atoms with Gasteiger partial charge in [-0.2, -0.15) is 0 Å². The molecule has 4 nitrogen and oxygen atoms in total. The van der Waals surface area contributed by atoms with Crippen LogP contribution in [0.15, 0.2) is 36.4 Å². The molecular weight excluding hydrogens is 254 g/mol. The van der Waals surface area contributed by atoms with E-state index < -0.39 is 0 Å². The summed E-state index contributed by atoms with van der Waals surface area (Å²) in [6.07, 6.45) is 0.190. The van der Waals surface area contributed by atoms with E-state index in [9.17, 15) is 4.79 Å². The predicted octanol–water partition coefficient (Wildman–Crippen LogP) is 2.80. The quantitative estimate of drug-likeness (QED) is 0.851. The number of carbonyl (C=O) groups excluding carboxylic acids is 1. The highest BCUT2D eigenvalue weighted by Crippen LogP contribution is 2.24. The number of benzene rings is 2. The van der Waals surface area contributed by atoms with Crippen molar-refractivity contribution in [2.45, 2.75) is 19.4 Å². The second-order valence-electron chi connectivity index (χ2n) is 4.59. The van der Waals surface area contributed by atoms with E-state index in [-0.39, 0.29) is 18.4 Å². The number of hydrogen-bond donors (Lipinski definition) is 1. The fraction of sp³-hybridized carbons (Fsp3) is 0.312. The zero-order chi connectivity index (χ0) is 14.5. The minimum atomic E-state index is -0.347. The van der Waals surface area contributed by atoms with Gasteiger partial charge in [-0.25, -0.2) is 0 Å². The number of hydrogen-bond acceptors (Lipinski definition) is 4. The van der Waals surface area contributed by atoms with Gasteiger partial charge in [0.25, 0.3) is 0 Å². The van der Waals surface area contributed by atoms with Crippen LogP contribution in [0.4, 0.5) is 0 Å². The lowest BCUT2D eigenvalue weighted by atomic mass is 10.0. The van der Waals surface area contributed by atoms with Crippen LogP contribution in [-0.4, -0.2) is 19.7 Å². The first kappa shape index (κ1) is 14.3. The fourth-order valence-corrected chi connectivity index (χ4v) is 2.12. The van der Waals surface area contributed by atoms with Crippen LogP contribution in [0.25, 0.3) is 10.8 Å². The van der Waals surface area contributed by atoms with E-state index in [4.69, 9.17) is 15.2 Å². The number of carbonyl (C=O) groups is 1. The van der Waals surface area contributed by atoms with Gasteiger partial charge < -0.3 is 15.2 Å². The van der Waals surface area contributed by atoms with Gasteiger partial charge in [0.15, 0.2) is 0 Å². The summed E-state index contributed by atoms with van der Waals surface area (Å²) in [7, 11) is 1.64. The Bertz CT molecular complexity index is 610. The monoisotopic (exact) mass is 273 g/mol. The lowest BCUT2D eigenvalue weighted by Gasteiger charge is -2.12. The van der Waals surface area contributed by atoms with E-state index in [1.165, 1.54) is 0 Å². The third-order valence-electron chi connectivity index (χ3n) is 3.19. The van der Waals surface area contributed by atoms with Gasteiger partial charge in [-0.3, -0.25) is 4.79 Å². The largest absolute Gasteiger partial charge is 0.497 e. The molecule has 0 spiro atoms. The topological polar surface area (TPSA) is 61.5 Å². The molecule has 0 heterocycles. The van der Waals surface area contributed by atoms with Crippen LogP contribution in [-0.2, 0) is 9.53 Å². The van der Waals surface area contributed by atoms with Crippen molar-refractivity contribution in [3.8, 4) is 5.75 Å². The molecule has 1 atom stereocenters. The minimum absolute atomic E-state index is 0.190. The normalized spacial score (nSPS) is 12.2. The Labute approximate surface area is 118 Å². The smallest absolute Gasteiger partial charge is 0.307 e. The molecule has 0 unspecified atom stereocenters. The average molecular weight is 273 g/mol. The predicted molar refractivity (Wildman–Crippen MR) is 78.7 cm³/mol. The molecule has 2 aromatic carbocycles. The Morgan fingerprint density at radius 1 is 1.20 bits per heavy atom. The van der Waals surface area contributed by atoms with Crippen LogP contribution in [0.5, 0.6) is 5.75 Å². The number of esters is 1. The Morgan fingerprint density at radius 3 is 2.60 bits per heavy atom. The van der Waals surface area contributed by atoms with Gasteiger partial charge in [-0.1, -0.05) is 18.2 Å². The lowest BCUT2D eigenvalue weighted by Crippen LogP contribution is -2.17. The van der Waals surface area contributed by atoms with Gasteiger partial charge in [0, 0.05) is 6.04 Å². The van der Waals surface area contributed by atoms with Crippen LogP contribution in [0.3, 0.4) is 0 Å². The molecule has 0 radical (unpaired) electrons. The van der Waals surface area contributed by atoms with Crippen molar-refractivity contribution >= 4 is 16.7 Å². The highest BCUT2D eigenvalue weighted by Gasteiger charge is 2.12. The van der Waals surface area contributed by atoms with E-state index >= 15 is 0 Å². The van der Waals surface area contributed by atoms with Crippen molar-refractivity contribution in [1.82, 2.24) is 0 Å². The van der Waals surface area contributed by atoms with Crippen molar-refractivity contribution in [3.05, 3.63) is 42.0 Å². The number of methoxy groups -OCH3 is 1. The summed E-state index contributed by atoms with van der Waals surface area (Å²) in [4.78, 5) is 11.5. The van der Waals surface area contributed by atoms with E-state index in [0.717, 1.165) is 22.1 Å². The maximum Gasteiger partial charge on any atom is 0.307 e. The van der Waals surface area contributed by atoms with E-state index in [2.05, 4.69) is 0 Å². The fourth-order valence-electron chi connectivity index (χ4n) is 2.12. The lowest BCUT2D eigenvalue weighted by molar-refractivity contribution is -0.143.